The molecule has 0 saturated heterocycles. The van der Waals surface area contributed by atoms with Crippen LogP contribution in [0.4, 0.5) is 5.69 Å². The highest BCUT2D eigenvalue weighted by Crippen LogP contribution is 2.36. The van der Waals surface area contributed by atoms with E-state index >= 15 is 0 Å². The van der Waals surface area contributed by atoms with Crippen LogP contribution in [0.5, 0.6) is 5.75 Å². The third kappa shape index (κ3) is 3.39. The van der Waals surface area contributed by atoms with Crippen molar-refractivity contribution >= 4 is 49.3 Å². The van der Waals surface area contributed by atoms with E-state index in [1.165, 1.54) is 11.8 Å². The average Bonchev–Trinajstić information content (AvgIpc) is 2.63. The Morgan fingerprint density at radius 2 is 2.07 bits per heavy atom. The quantitative estimate of drug-likeness (QED) is 0.366. The lowest BCUT2D eigenvalue weighted by Crippen LogP contribution is -2.55. The summed E-state index contributed by atoms with van der Waals surface area (Å²) >= 11 is 8.48. The number of phenolic OH excluding ortho intramolecular Hbond substituents is 1. The van der Waals surface area contributed by atoms with Crippen molar-refractivity contribution in [2.24, 2.45) is 0 Å². The van der Waals surface area contributed by atoms with Gasteiger partial charge in [-0.15, -0.1) is 0 Å². The SMILES string of the molecule is CCSc1n[n+]2c(c(=O)[nH]1)-c1cc(Br)ccc1N[C@H]2c1cc(O)ccc1Br. The predicted octanol–water partition coefficient (Wildman–Crippen LogP) is 4.04. The second-order valence-electron chi connectivity index (χ2n) is 5.93. The summed E-state index contributed by atoms with van der Waals surface area (Å²) in [6.45, 7) is 2.00. The van der Waals surface area contributed by atoms with Crippen molar-refractivity contribution in [1.29, 1.82) is 0 Å². The van der Waals surface area contributed by atoms with Gasteiger partial charge in [0.2, 0.25) is 5.16 Å². The van der Waals surface area contributed by atoms with Gasteiger partial charge in [0.15, 0.2) is 0 Å². The fourth-order valence-corrected chi connectivity index (χ4v) is 4.47. The van der Waals surface area contributed by atoms with Gasteiger partial charge in [-0.2, -0.15) is 0 Å². The van der Waals surface area contributed by atoms with Crippen LogP contribution < -0.4 is 15.6 Å². The molecule has 0 saturated carbocycles. The summed E-state index contributed by atoms with van der Waals surface area (Å²) in [5.41, 5.74) is 2.62. The van der Waals surface area contributed by atoms with Crippen molar-refractivity contribution < 1.29 is 9.79 Å². The van der Waals surface area contributed by atoms with E-state index in [1.54, 1.807) is 22.9 Å². The van der Waals surface area contributed by atoms with Gasteiger partial charge in [-0.05, 0) is 46.8 Å². The van der Waals surface area contributed by atoms with Crippen LogP contribution >= 0.6 is 43.6 Å². The number of aromatic nitrogens is 3. The van der Waals surface area contributed by atoms with Crippen molar-refractivity contribution in [3.63, 3.8) is 0 Å². The number of rotatable bonds is 3. The number of nitrogens with zero attached hydrogens (tertiary/aromatic N) is 2. The second kappa shape index (κ2) is 7.29. The van der Waals surface area contributed by atoms with Crippen LogP contribution in [-0.4, -0.2) is 20.9 Å². The molecule has 3 N–H and O–H groups in total. The van der Waals surface area contributed by atoms with E-state index < -0.39 is 6.17 Å². The Morgan fingerprint density at radius 3 is 2.85 bits per heavy atom. The van der Waals surface area contributed by atoms with Crippen molar-refractivity contribution in [3.8, 4) is 17.0 Å². The van der Waals surface area contributed by atoms with E-state index in [2.05, 4.69) is 47.3 Å². The molecule has 1 aliphatic heterocycles. The fourth-order valence-electron chi connectivity index (χ4n) is 3.06. The molecule has 138 valence electrons. The minimum Gasteiger partial charge on any atom is -0.508 e. The van der Waals surface area contributed by atoms with Crippen LogP contribution in [0.2, 0.25) is 0 Å². The van der Waals surface area contributed by atoms with Crippen LogP contribution in [-0.2, 0) is 0 Å². The van der Waals surface area contributed by atoms with E-state index in [-0.39, 0.29) is 11.3 Å². The summed E-state index contributed by atoms with van der Waals surface area (Å²) < 4.78 is 3.37. The molecule has 9 heteroatoms. The topological polar surface area (TPSA) is 81.9 Å². The number of anilines is 1. The molecule has 0 bridgehead atoms. The van der Waals surface area contributed by atoms with E-state index in [9.17, 15) is 9.90 Å². The highest BCUT2D eigenvalue weighted by atomic mass is 79.9. The van der Waals surface area contributed by atoms with Crippen LogP contribution in [0, 0.1) is 0 Å². The lowest BCUT2D eigenvalue weighted by molar-refractivity contribution is -0.759. The summed E-state index contributed by atoms with van der Waals surface area (Å²) in [5, 5.41) is 18.6. The van der Waals surface area contributed by atoms with Crippen LogP contribution in [0.25, 0.3) is 11.3 Å². The van der Waals surface area contributed by atoms with Gasteiger partial charge < -0.3 is 10.4 Å². The van der Waals surface area contributed by atoms with E-state index in [4.69, 9.17) is 0 Å². The standard InChI is InChI=1S/C18H14Br2N4O2S/c1-2-27-18-22-17(26)15-12-7-9(19)3-6-14(12)21-16(24(15)23-18)11-8-10(25)4-5-13(11)20/h3-8,16H,2H2,1H3,(H2,22,23,25,26)/p+1/t16-/m1/s1. The smallest absolute Gasteiger partial charge is 0.325 e. The van der Waals surface area contributed by atoms with Gasteiger partial charge in [-0.1, -0.05) is 50.5 Å². The summed E-state index contributed by atoms with van der Waals surface area (Å²) in [6.07, 6.45) is -0.450. The summed E-state index contributed by atoms with van der Waals surface area (Å²) in [4.78, 5) is 15.8. The second-order valence-corrected chi connectivity index (χ2v) is 8.95. The molecule has 0 fully saturated rings. The van der Waals surface area contributed by atoms with Gasteiger partial charge in [0.1, 0.15) is 5.75 Å². The average molecular weight is 511 g/mol. The number of fused-ring (bicyclic) bond motifs is 3. The van der Waals surface area contributed by atoms with Crippen molar-refractivity contribution in [3.05, 3.63) is 61.3 Å². The first-order chi connectivity index (χ1) is 13.0. The van der Waals surface area contributed by atoms with Gasteiger partial charge in [-0.25, -0.2) is 0 Å². The van der Waals surface area contributed by atoms with Gasteiger partial charge in [0.25, 0.3) is 6.17 Å². The first-order valence-corrected chi connectivity index (χ1v) is 10.8. The molecule has 1 atom stereocenters. The van der Waals surface area contributed by atoms with Crippen molar-refractivity contribution in [1.82, 2.24) is 10.1 Å². The zero-order chi connectivity index (χ0) is 19.1. The largest absolute Gasteiger partial charge is 0.508 e. The summed E-state index contributed by atoms with van der Waals surface area (Å²) in [7, 11) is 0. The number of phenols is 1. The molecule has 0 unspecified atom stereocenters. The number of aromatic amines is 1. The number of aromatic hydroxyl groups is 1. The van der Waals surface area contributed by atoms with Crippen LogP contribution in [0.15, 0.2) is 55.3 Å². The molecule has 4 rings (SSSR count). The molecule has 0 radical (unpaired) electrons. The molecule has 0 spiro atoms. The van der Waals surface area contributed by atoms with Crippen molar-refractivity contribution in [2.45, 2.75) is 18.2 Å². The zero-order valence-corrected chi connectivity index (χ0v) is 18.2. The van der Waals surface area contributed by atoms with Crippen LogP contribution in [0.1, 0.15) is 18.7 Å². The maximum absolute atomic E-state index is 12.9. The fraction of sp³-hybridized carbons (Fsp3) is 0.167. The lowest BCUT2D eigenvalue weighted by atomic mass is 10.0. The normalized spacial score (nSPS) is 15.0. The van der Waals surface area contributed by atoms with E-state index in [1.807, 2.05) is 25.1 Å². The number of nitrogens with one attached hydrogen (secondary N) is 2. The maximum Gasteiger partial charge on any atom is 0.325 e. The number of halogens is 2. The minimum atomic E-state index is -0.450. The molecule has 6 nitrogen and oxygen atoms in total. The van der Waals surface area contributed by atoms with Gasteiger partial charge in [-0.3, -0.25) is 9.78 Å². The molecule has 0 amide bonds. The van der Waals surface area contributed by atoms with E-state index in [0.29, 0.717) is 10.9 Å². The number of H-pyrrole nitrogens is 1. The molecule has 1 aliphatic rings. The first-order valence-electron chi connectivity index (χ1n) is 8.21. The maximum atomic E-state index is 12.9. The zero-order valence-electron chi connectivity index (χ0n) is 14.2. The first kappa shape index (κ1) is 18.5. The highest BCUT2D eigenvalue weighted by Gasteiger charge is 2.38. The highest BCUT2D eigenvalue weighted by molar-refractivity contribution is 9.10. The number of thioether (sulfide) groups is 1. The Balaban J connectivity index is 2.00. The molecular weight excluding hydrogens is 496 g/mol. The Bertz CT molecular complexity index is 1100. The Kier molecular flexibility index (Phi) is 5.00. The molecule has 2 aromatic carbocycles. The predicted molar refractivity (Wildman–Crippen MR) is 112 cm³/mol. The van der Waals surface area contributed by atoms with Gasteiger partial charge in [0.05, 0.1) is 16.8 Å². The third-order valence-corrected chi connectivity index (χ3v) is 6.15. The number of hydrogen-bond acceptors (Lipinski definition) is 5. The van der Waals surface area contributed by atoms with Crippen LogP contribution in [0.3, 0.4) is 0 Å². The number of benzene rings is 2. The molecular formula is C18H15Br2N4O2S+. The lowest BCUT2D eigenvalue weighted by Gasteiger charge is -2.23. The minimum absolute atomic E-state index is 0.145. The van der Waals surface area contributed by atoms with Gasteiger partial charge >= 0.3 is 11.3 Å². The summed E-state index contributed by atoms with van der Waals surface area (Å²) in [6, 6.07) is 10.8. The Morgan fingerprint density at radius 1 is 1.26 bits per heavy atom. The summed E-state index contributed by atoms with van der Waals surface area (Å²) in [5.74, 6) is 0.935. The molecule has 27 heavy (non-hydrogen) atoms. The molecule has 0 aliphatic carbocycles. The Hall–Kier alpha value is -1.84. The Labute approximate surface area is 176 Å². The molecule has 3 aromatic rings. The molecule has 1 aromatic heterocycles. The van der Waals surface area contributed by atoms with E-state index in [0.717, 1.165) is 31.5 Å². The van der Waals surface area contributed by atoms with Gasteiger partial charge in [0, 0.05) is 14.0 Å². The third-order valence-electron chi connectivity index (χ3n) is 4.19. The molecule has 2 heterocycles. The number of hydrogen-bond donors (Lipinski definition) is 3. The van der Waals surface area contributed by atoms with Crippen molar-refractivity contribution in [2.75, 3.05) is 11.1 Å². The monoisotopic (exact) mass is 509 g/mol.